The van der Waals surface area contributed by atoms with Crippen molar-refractivity contribution in [1.29, 1.82) is 0 Å². The van der Waals surface area contributed by atoms with Crippen LogP contribution >= 0.6 is 34.8 Å². The van der Waals surface area contributed by atoms with Gasteiger partial charge in [0.2, 0.25) is 0 Å². The molecule has 0 amide bonds. The van der Waals surface area contributed by atoms with Gasteiger partial charge in [-0.05, 0) is 23.8 Å². The number of pyridine rings is 1. The highest BCUT2D eigenvalue weighted by Gasteiger charge is 2.11. The predicted molar refractivity (Wildman–Crippen MR) is 73.7 cm³/mol. The fourth-order valence-electron chi connectivity index (χ4n) is 1.54. The van der Waals surface area contributed by atoms with E-state index in [1.54, 1.807) is 24.3 Å². The highest BCUT2D eigenvalue weighted by atomic mass is 35.5. The standard InChI is InChI=1S/C13H8Cl3NO/c14-10-3-1-2-9(13(10)16)6-11(18)8-4-5-17-12(15)7-8/h1-5,7H,6H2. The first-order chi connectivity index (χ1) is 8.58. The summed E-state index contributed by atoms with van der Waals surface area (Å²) in [6, 6.07) is 8.36. The maximum atomic E-state index is 12.0. The molecule has 92 valence electrons. The molecular weight excluding hydrogens is 293 g/mol. The molecule has 0 atom stereocenters. The molecule has 0 unspecified atom stereocenters. The quantitative estimate of drug-likeness (QED) is 0.618. The largest absolute Gasteiger partial charge is 0.294 e. The van der Waals surface area contributed by atoms with E-state index in [1.807, 2.05) is 0 Å². The molecule has 1 heterocycles. The molecule has 0 fully saturated rings. The summed E-state index contributed by atoms with van der Waals surface area (Å²) < 4.78 is 0. The van der Waals surface area contributed by atoms with E-state index in [2.05, 4.69) is 4.98 Å². The summed E-state index contributed by atoms with van der Waals surface area (Å²) >= 11 is 17.7. The van der Waals surface area contributed by atoms with Crippen LogP contribution in [0.2, 0.25) is 15.2 Å². The lowest BCUT2D eigenvalue weighted by molar-refractivity contribution is 0.0993. The van der Waals surface area contributed by atoms with Crippen LogP contribution < -0.4 is 0 Å². The topological polar surface area (TPSA) is 30.0 Å². The van der Waals surface area contributed by atoms with Crippen molar-refractivity contribution in [2.24, 2.45) is 0 Å². The van der Waals surface area contributed by atoms with Crippen molar-refractivity contribution in [3.63, 3.8) is 0 Å². The normalized spacial score (nSPS) is 10.4. The molecule has 0 N–H and O–H groups in total. The van der Waals surface area contributed by atoms with E-state index in [0.29, 0.717) is 21.2 Å². The van der Waals surface area contributed by atoms with Gasteiger partial charge in [-0.2, -0.15) is 0 Å². The molecule has 0 saturated heterocycles. The minimum absolute atomic E-state index is 0.0801. The smallest absolute Gasteiger partial charge is 0.167 e. The van der Waals surface area contributed by atoms with Gasteiger partial charge in [0.05, 0.1) is 10.0 Å². The van der Waals surface area contributed by atoms with Crippen LogP contribution in [-0.2, 0) is 6.42 Å². The summed E-state index contributed by atoms with van der Waals surface area (Å²) in [4.78, 5) is 15.9. The van der Waals surface area contributed by atoms with E-state index in [9.17, 15) is 4.79 Å². The van der Waals surface area contributed by atoms with Crippen molar-refractivity contribution in [3.8, 4) is 0 Å². The van der Waals surface area contributed by atoms with Crippen molar-refractivity contribution >= 4 is 40.6 Å². The summed E-state index contributed by atoms with van der Waals surface area (Å²) in [5.74, 6) is -0.0801. The fraction of sp³-hybridized carbons (Fsp3) is 0.0769. The zero-order chi connectivity index (χ0) is 13.1. The lowest BCUT2D eigenvalue weighted by Crippen LogP contribution is -2.04. The SMILES string of the molecule is O=C(Cc1cccc(Cl)c1Cl)c1ccnc(Cl)c1. The van der Waals surface area contributed by atoms with E-state index in [-0.39, 0.29) is 17.4 Å². The van der Waals surface area contributed by atoms with E-state index in [0.717, 1.165) is 0 Å². The van der Waals surface area contributed by atoms with Crippen molar-refractivity contribution in [1.82, 2.24) is 4.98 Å². The monoisotopic (exact) mass is 299 g/mol. The van der Waals surface area contributed by atoms with Crippen LogP contribution in [0, 0.1) is 0 Å². The van der Waals surface area contributed by atoms with Crippen LogP contribution in [0.15, 0.2) is 36.5 Å². The molecule has 0 bridgehead atoms. The second kappa shape index (κ2) is 5.70. The van der Waals surface area contributed by atoms with Crippen LogP contribution in [0.1, 0.15) is 15.9 Å². The zero-order valence-corrected chi connectivity index (χ0v) is 11.4. The third-order valence-electron chi connectivity index (χ3n) is 2.43. The molecule has 0 aliphatic rings. The Morgan fingerprint density at radius 2 is 1.94 bits per heavy atom. The van der Waals surface area contributed by atoms with Gasteiger partial charge in [0, 0.05) is 18.2 Å². The minimum Gasteiger partial charge on any atom is -0.294 e. The summed E-state index contributed by atoms with van der Waals surface area (Å²) in [7, 11) is 0. The number of rotatable bonds is 3. The number of carbonyl (C=O) groups is 1. The number of ketones is 1. The molecule has 2 rings (SSSR count). The third kappa shape index (κ3) is 3.02. The molecular formula is C13H8Cl3NO. The van der Waals surface area contributed by atoms with Gasteiger partial charge in [-0.25, -0.2) is 4.98 Å². The predicted octanol–water partition coefficient (Wildman–Crippen LogP) is 4.47. The van der Waals surface area contributed by atoms with Gasteiger partial charge < -0.3 is 0 Å². The van der Waals surface area contributed by atoms with Gasteiger partial charge in [-0.3, -0.25) is 4.79 Å². The van der Waals surface area contributed by atoms with Crippen LogP contribution in [-0.4, -0.2) is 10.8 Å². The summed E-state index contributed by atoms with van der Waals surface area (Å²) in [5.41, 5.74) is 1.20. The molecule has 0 aliphatic heterocycles. The van der Waals surface area contributed by atoms with E-state index < -0.39 is 0 Å². The number of hydrogen-bond donors (Lipinski definition) is 0. The van der Waals surface area contributed by atoms with E-state index in [4.69, 9.17) is 34.8 Å². The Hall–Kier alpha value is -1.09. The second-order valence-electron chi connectivity index (χ2n) is 3.68. The lowest BCUT2D eigenvalue weighted by atomic mass is 10.0. The Labute approximate surface area is 120 Å². The van der Waals surface area contributed by atoms with Gasteiger partial charge in [0.25, 0.3) is 0 Å². The number of hydrogen-bond acceptors (Lipinski definition) is 2. The van der Waals surface area contributed by atoms with Gasteiger partial charge in [0.1, 0.15) is 5.15 Å². The lowest BCUT2D eigenvalue weighted by Gasteiger charge is -2.05. The number of benzene rings is 1. The Bertz CT molecular complexity index is 599. The molecule has 0 aliphatic carbocycles. The molecule has 0 saturated carbocycles. The maximum absolute atomic E-state index is 12.0. The Morgan fingerprint density at radius 1 is 1.17 bits per heavy atom. The summed E-state index contributed by atoms with van der Waals surface area (Å²) in [6.07, 6.45) is 1.68. The van der Waals surface area contributed by atoms with Crippen LogP contribution in [0.3, 0.4) is 0 Å². The van der Waals surface area contributed by atoms with Crippen LogP contribution in [0.5, 0.6) is 0 Å². The molecule has 0 spiro atoms. The van der Waals surface area contributed by atoms with Crippen molar-refractivity contribution in [3.05, 3.63) is 62.9 Å². The van der Waals surface area contributed by atoms with Gasteiger partial charge in [-0.15, -0.1) is 0 Å². The highest BCUT2D eigenvalue weighted by Crippen LogP contribution is 2.26. The first-order valence-electron chi connectivity index (χ1n) is 5.15. The molecule has 5 heteroatoms. The van der Waals surface area contributed by atoms with Crippen molar-refractivity contribution in [2.75, 3.05) is 0 Å². The fourth-order valence-corrected chi connectivity index (χ4v) is 2.10. The van der Waals surface area contributed by atoms with Crippen molar-refractivity contribution < 1.29 is 4.79 Å². The zero-order valence-electron chi connectivity index (χ0n) is 9.16. The Balaban J connectivity index is 2.24. The second-order valence-corrected chi connectivity index (χ2v) is 4.85. The van der Waals surface area contributed by atoms with E-state index >= 15 is 0 Å². The maximum Gasteiger partial charge on any atom is 0.167 e. The van der Waals surface area contributed by atoms with Crippen LogP contribution in [0.4, 0.5) is 0 Å². The minimum atomic E-state index is -0.0801. The Kier molecular flexibility index (Phi) is 4.23. The van der Waals surface area contributed by atoms with Crippen LogP contribution in [0.25, 0.3) is 0 Å². The molecule has 18 heavy (non-hydrogen) atoms. The number of carbonyl (C=O) groups excluding carboxylic acids is 1. The average molecular weight is 301 g/mol. The molecule has 0 radical (unpaired) electrons. The van der Waals surface area contributed by atoms with Gasteiger partial charge in [0.15, 0.2) is 5.78 Å². The number of nitrogens with zero attached hydrogens (tertiary/aromatic N) is 1. The molecule has 1 aromatic carbocycles. The van der Waals surface area contributed by atoms with E-state index in [1.165, 1.54) is 12.3 Å². The number of Topliss-reactive ketones (excluding diaryl/α,β-unsaturated/α-hetero) is 1. The highest BCUT2D eigenvalue weighted by molar-refractivity contribution is 6.42. The summed E-state index contributed by atoms with van der Waals surface area (Å²) in [5, 5.41) is 1.14. The molecule has 2 aromatic rings. The van der Waals surface area contributed by atoms with Gasteiger partial charge >= 0.3 is 0 Å². The Morgan fingerprint density at radius 3 is 2.67 bits per heavy atom. The summed E-state index contributed by atoms with van der Waals surface area (Å²) in [6.45, 7) is 0. The number of aromatic nitrogens is 1. The van der Waals surface area contributed by atoms with Gasteiger partial charge in [-0.1, -0.05) is 46.9 Å². The average Bonchev–Trinajstić information content (AvgIpc) is 2.35. The molecule has 1 aromatic heterocycles. The third-order valence-corrected chi connectivity index (χ3v) is 3.50. The first-order valence-corrected chi connectivity index (χ1v) is 6.29. The molecule has 2 nitrogen and oxygen atoms in total. The van der Waals surface area contributed by atoms with Crippen molar-refractivity contribution in [2.45, 2.75) is 6.42 Å². The first kappa shape index (κ1) is 13.3. The number of halogens is 3.